The van der Waals surface area contributed by atoms with Crippen molar-refractivity contribution in [1.29, 1.82) is 0 Å². The Hall–Kier alpha value is -5.75. The first-order valence-electron chi connectivity index (χ1n) is 20.0. The first kappa shape index (κ1) is 30.7. The van der Waals surface area contributed by atoms with Crippen LogP contribution in [0.5, 0.6) is 0 Å². The Labute approximate surface area is 319 Å². The van der Waals surface area contributed by atoms with Crippen LogP contribution in [0.15, 0.2) is 96.1 Å². The van der Waals surface area contributed by atoms with E-state index in [9.17, 15) is 2.74 Å². The number of rotatable bonds is 4. The van der Waals surface area contributed by atoms with Crippen LogP contribution in [0.25, 0.3) is 55.1 Å². The SMILES string of the molecule is [2H]C1([2H])c2cc(C)cc(C)c2C[C@]2(C)OC(c3cc(-n4c5ccc(C)cc5c5ccc(-n6c7ccc(C(C)C)cc7c7cccnc76)cc54)c(C)nc3C)=N[C@@H]12. The van der Waals surface area contributed by atoms with E-state index in [1.165, 1.54) is 21.9 Å². The number of aromatic nitrogens is 4. The molecule has 4 aromatic heterocycles. The van der Waals surface area contributed by atoms with E-state index in [1.807, 2.05) is 39.1 Å². The van der Waals surface area contributed by atoms with Gasteiger partial charge in [-0.25, -0.2) is 9.98 Å². The molecule has 6 nitrogen and oxygen atoms in total. The van der Waals surface area contributed by atoms with E-state index < -0.39 is 18.0 Å². The molecule has 0 fully saturated rings. The van der Waals surface area contributed by atoms with Crippen molar-refractivity contribution < 1.29 is 7.48 Å². The number of fused-ring (bicyclic) bond motifs is 8. The quantitative estimate of drug-likeness (QED) is 0.183. The molecule has 0 bridgehead atoms. The first-order chi connectivity index (χ1) is 26.7. The molecule has 4 aromatic carbocycles. The van der Waals surface area contributed by atoms with E-state index in [4.69, 9.17) is 19.7 Å². The van der Waals surface area contributed by atoms with Gasteiger partial charge in [0.15, 0.2) is 0 Å². The van der Waals surface area contributed by atoms with Crippen LogP contribution in [0.2, 0.25) is 0 Å². The first-order valence-corrected chi connectivity index (χ1v) is 19.0. The Kier molecular flexibility index (Phi) is 6.60. The molecular formula is C48H45N5O. The maximum absolute atomic E-state index is 9.41. The molecule has 8 aromatic rings. The third-order valence-corrected chi connectivity index (χ3v) is 11.8. The zero-order valence-electron chi connectivity index (χ0n) is 34.2. The Morgan fingerprint density at radius 2 is 1.57 bits per heavy atom. The topological polar surface area (TPSA) is 57.2 Å². The lowest BCUT2D eigenvalue weighted by Gasteiger charge is -2.36. The van der Waals surface area contributed by atoms with Crippen LogP contribution in [-0.2, 0) is 17.5 Å². The van der Waals surface area contributed by atoms with Gasteiger partial charge in [-0.2, -0.15) is 0 Å². The average molecular weight is 710 g/mol. The number of ether oxygens (including phenoxy) is 1. The molecule has 0 saturated carbocycles. The summed E-state index contributed by atoms with van der Waals surface area (Å²) < 4.78 is 30.3. The molecule has 0 radical (unpaired) electrons. The van der Waals surface area contributed by atoms with Gasteiger partial charge in [0.05, 0.1) is 45.2 Å². The molecule has 0 saturated heterocycles. The minimum absolute atomic E-state index is 0.417. The molecule has 2 aliphatic rings. The van der Waals surface area contributed by atoms with Crippen molar-refractivity contribution in [2.45, 2.75) is 85.7 Å². The highest BCUT2D eigenvalue weighted by Crippen LogP contribution is 2.42. The maximum Gasteiger partial charge on any atom is 0.219 e. The standard InChI is InChI=1S/C48H45N5O/c1-26(2)32-12-16-41-39(21-32)36-10-9-17-49-46(36)52(41)34-13-14-35-38-20-27(3)11-15-42(38)53(44(35)23-34)43-24-37(30(6)50-31(43)7)47-51-45-22-33-19-28(4)18-29(5)40(33)25-48(45,8)54-47/h9-21,23-24,26,45H,22,25H2,1-8H3/t45-,48-/m0/s1/i22D2. The second kappa shape index (κ2) is 11.6. The fourth-order valence-electron chi connectivity index (χ4n) is 9.02. The molecule has 1 aliphatic carbocycles. The molecule has 5 heterocycles. The van der Waals surface area contributed by atoms with Gasteiger partial charge in [-0.15, -0.1) is 0 Å². The average Bonchev–Trinajstić information content (AvgIpc) is 3.79. The normalized spacial score (nSPS) is 19.6. The number of aliphatic imine (C=N–C) groups is 1. The molecule has 10 rings (SSSR count). The van der Waals surface area contributed by atoms with E-state index >= 15 is 0 Å². The van der Waals surface area contributed by atoms with Crippen LogP contribution >= 0.6 is 0 Å². The number of pyridine rings is 2. The highest BCUT2D eigenvalue weighted by Gasteiger charge is 2.47. The molecule has 0 amide bonds. The molecule has 0 N–H and O–H groups in total. The third-order valence-electron chi connectivity index (χ3n) is 11.8. The summed E-state index contributed by atoms with van der Waals surface area (Å²) in [4.78, 5) is 15.2. The van der Waals surface area contributed by atoms with Gasteiger partial charge >= 0.3 is 0 Å². The van der Waals surface area contributed by atoms with Gasteiger partial charge < -0.3 is 9.30 Å². The Morgan fingerprint density at radius 3 is 2.41 bits per heavy atom. The van der Waals surface area contributed by atoms with Crippen molar-refractivity contribution in [3.8, 4) is 11.4 Å². The number of benzene rings is 4. The number of nitrogens with zero attached hydrogens (tertiary/aromatic N) is 5. The van der Waals surface area contributed by atoms with E-state index in [0.717, 1.165) is 83.5 Å². The lowest BCUT2D eigenvalue weighted by atomic mass is 9.76. The minimum Gasteiger partial charge on any atom is -0.468 e. The van der Waals surface area contributed by atoms with Crippen LogP contribution in [0.4, 0.5) is 0 Å². The zero-order valence-corrected chi connectivity index (χ0v) is 32.2. The highest BCUT2D eigenvalue weighted by atomic mass is 16.5. The Morgan fingerprint density at radius 1 is 0.778 bits per heavy atom. The summed E-state index contributed by atoms with van der Waals surface area (Å²) in [5, 5.41) is 4.64. The summed E-state index contributed by atoms with van der Waals surface area (Å²) in [5.74, 6) is 0.865. The highest BCUT2D eigenvalue weighted by molar-refractivity contribution is 6.12. The summed E-state index contributed by atoms with van der Waals surface area (Å²) in [6.07, 6.45) is 0.760. The third kappa shape index (κ3) is 4.81. The fourth-order valence-corrected chi connectivity index (χ4v) is 9.02. The van der Waals surface area contributed by atoms with Gasteiger partial charge in [0.2, 0.25) is 5.90 Å². The van der Waals surface area contributed by atoms with Gasteiger partial charge in [-0.05, 0) is 131 Å². The predicted octanol–water partition coefficient (Wildman–Crippen LogP) is 11.0. The summed E-state index contributed by atoms with van der Waals surface area (Å²) in [6, 6.07) is 29.9. The monoisotopic (exact) mass is 709 g/mol. The second-order valence-corrected chi connectivity index (χ2v) is 16.1. The molecule has 268 valence electrons. The lowest BCUT2D eigenvalue weighted by molar-refractivity contribution is 0.0700. The number of hydrogen-bond donors (Lipinski definition) is 0. The molecule has 2 atom stereocenters. The second-order valence-electron chi connectivity index (χ2n) is 16.1. The van der Waals surface area contributed by atoms with Crippen molar-refractivity contribution >= 4 is 49.6 Å². The van der Waals surface area contributed by atoms with E-state index in [-0.39, 0.29) is 0 Å². The zero-order chi connectivity index (χ0) is 39.0. The van der Waals surface area contributed by atoms with Gasteiger partial charge in [-0.1, -0.05) is 55.3 Å². The molecule has 1 aliphatic heterocycles. The van der Waals surface area contributed by atoms with E-state index in [2.05, 4.69) is 117 Å². The number of aryl methyl sites for hydroxylation is 5. The molecule has 54 heavy (non-hydrogen) atoms. The molecule has 0 spiro atoms. The van der Waals surface area contributed by atoms with Crippen LogP contribution in [0.1, 0.15) is 79.8 Å². The van der Waals surface area contributed by atoms with Crippen molar-refractivity contribution in [2.75, 3.05) is 0 Å². The van der Waals surface area contributed by atoms with E-state index in [0.29, 0.717) is 18.2 Å². The van der Waals surface area contributed by atoms with Crippen molar-refractivity contribution in [1.82, 2.24) is 19.1 Å². The smallest absolute Gasteiger partial charge is 0.219 e. The lowest BCUT2D eigenvalue weighted by Crippen LogP contribution is -2.44. The Bertz CT molecular complexity index is 3020. The summed E-state index contributed by atoms with van der Waals surface area (Å²) >= 11 is 0. The van der Waals surface area contributed by atoms with Crippen LogP contribution in [0.3, 0.4) is 0 Å². The van der Waals surface area contributed by atoms with Gasteiger partial charge in [0.1, 0.15) is 11.2 Å². The molecular weight excluding hydrogens is 663 g/mol. The Balaban J connectivity index is 1.17. The van der Waals surface area contributed by atoms with Crippen LogP contribution in [0, 0.1) is 34.6 Å². The van der Waals surface area contributed by atoms with Crippen LogP contribution < -0.4 is 0 Å². The summed E-state index contributed by atoms with van der Waals surface area (Å²) in [6.45, 7) is 16.8. The molecule has 0 unspecified atom stereocenters. The molecule has 6 heteroatoms. The minimum atomic E-state index is -1.70. The number of hydrogen-bond acceptors (Lipinski definition) is 4. The fraction of sp³-hybridized carbons (Fsp3) is 0.271. The summed E-state index contributed by atoms with van der Waals surface area (Å²) in [7, 11) is 0. The van der Waals surface area contributed by atoms with E-state index in [1.54, 1.807) is 0 Å². The van der Waals surface area contributed by atoms with Gasteiger partial charge in [0.25, 0.3) is 0 Å². The largest absolute Gasteiger partial charge is 0.468 e. The maximum atomic E-state index is 9.41. The van der Waals surface area contributed by atoms with Crippen LogP contribution in [-0.4, -0.2) is 36.6 Å². The van der Waals surface area contributed by atoms with Crippen molar-refractivity contribution in [3.63, 3.8) is 0 Å². The summed E-state index contributed by atoms with van der Waals surface area (Å²) in [5.41, 5.74) is 14.1. The van der Waals surface area contributed by atoms with Gasteiger partial charge in [-0.3, -0.25) is 9.55 Å². The van der Waals surface area contributed by atoms with Crippen molar-refractivity contribution in [2.24, 2.45) is 4.99 Å². The van der Waals surface area contributed by atoms with Crippen molar-refractivity contribution in [3.05, 3.63) is 141 Å². The van der Waals surface area contributed by atoms with Gasteiger partial charge in [0, 0.05) is 42.6 Å². The predicted molar refractivity (Wildman–Crippen MR) is 222 cm³/mol.